The highest BCUT2D eigenvalue weighted by Gasteiger charge is 2.33. The van der Waals surface area contributed by atoms with Gasteiger partial charge in [-0.3, -0.25) is 9.59 Å². The van der Waals surface area contributed by atoms with Gasteiger partial charge in [-0.1, -0.05) is 55.3 Å². The Hall–Kier alpha value is -3.80. The van der Waals surface area contributed by atoms with Crippen LogP contribution in [0.1, 0.15) is 62.0 Å². The lowest BCUT2D eigenvalue weighted by Crippen LogP contribution is -1.99. The summed E-state index contributed by atoms with van der Waals surface area (Å²) in [6, 6.07) is 20.6. The van der Waals surface area contributed by atoms with Crippen LogP contribution in [0.4, 0.5) is 0 Å². The highest BCUT2D eigenvalue weighted by molar-refractivity contribution is 7.29. The number of thiophene rings is 2. The zero-order valence-electron chi connectivity index (χ0n) is 23.1. The first-order valence-corrected chi connectivity index (χ1v) is 15.4. The molecule has 3 aromatic carbocycles. The van der Waals surface area contributed by atoms with Gasteiger partial charge < -0.3 is 4.57 Å². The number of carbonyl (C=O) groups excluding carboxylic acids is 2. The number of Topliss-reactive ketones (excluding diaryl/α,β-unsaturated/α-hetero) is 2. The van der Waals surface area contributed by atoms with Crippen LogP contribution in [0.2, 0.25) is 0 Å². The standard InChI is InChI=1S/C35H29NO2S2/c1-5-6-11-36-28-17-24(16-27-32(37)25-14-22-9-7-8-10-23(22)15-26(25)33(27)38)39-34(28)35-29(36)18-30(40-35)31-20(3)12-19(2)13-21(31)4/h7-10,12-18H,5-6,11H2,1-4H3. The maximum absolute atomic E-state index is 13.4. The number of nitrogens with zero attached hydrogens (tertiary/aromatic N) is 1. The van der Waals surface area contributed by atoms with Crippen molar-refractivity contribution in [3.63, 3.8) is 0 Å². The van der Waals surface area contributed by atoms with E-state index in [1.165, 1.54) is 47.6 Å². The molecule has 198 valence electrons. The van der Waals surface area contributed by atoms with Crippen molar-refractivity contribution in [3.05, 3.63) is 98.9 Å². The minimum atomic E-state index is -0.174. The number of rotatable bonds is 5. The van der Waals surface area contributed by atoms with Gasteiger partial charge in [0.2, 0.25) is 0 Å². The molecule has 0 aliphatic heterocycles. The first-order chi connectivity index (χ1) is 19.3. The molecule has 0 atom stereocenters. The lowest BCUT2D eigenvalue weighted by Gasteiger charge is -2.09. The van der Waals surface area contributed by atoms with Crippen molar-refractivity contribution in [2.24, 2.45) is 0 Å². The molecule has 0 spiro atoms. The summed E-state index contributed by atoms with van der Waals surface area (Å²) in [4.78, 5) is 29.0. The van der Waals surface area contributed by atoms with Crippen LogP contribution < -0.4 is 0 Å². The SMILES string of the molecule is CCCCn1c2cc(C=C3C(=O)c4cc5ccccc5cc4C3=O)sc2c2sc(-c3c(C)cc(C)cc3C)cc21. The molecule has 1 aliphatic carbocycles. The Labute approximate surface area is 241 Å². The molecule has 0 saturated carbocycles. The van der Waals surface area contributed by atoms with Crippen molar-refractivity contribution in [2.45, 2.75) is 47.1 Å². The van der Waals surface area contributed by atoms with Crippen molar-refractivity contribution >= 4 is 71.5 Å². The number of aryl methyl sites for hydroxylation is 4. The second-order valence-corrected chi connectivity index (χ2v) is 13.1. The number of fused-ring (bicyclic) bond motifs is 5. The number of hydrogen-bond donors (Lipinski definition) is 0. The normalized spacial score (nSPS) is 13.3. The number of allylic oxidation sites excluding steroid dienone is 1. The molecule has 3 heterocycles. The van der Waals surface area contributed by atoms with E-state index in [-0.39, 0.29) is 17.1 Å². The molecule has 0 radical (unpaired) electrons. The second kappa shape index (κ2) is 9.39. The van der Waals surface area contributed by atoms with Crippen LogP contribution in [-0.2, 0) is 6.54 Å². The van der Waals surface area contributed by atoms with Gasteiger partial charge in [-0.2, -0.15) is 0 Å². The molecule has 40 heavy (non-hydrogen) atoms. The summed E-state index contributed by atoms with van der Waals surface area (Å²) in [5.74, 6) is -0.349. The highest BCUT2D eigenvalue weighted by Crippen LogP contribution is 2.45. The highest BCUT2D eigenvalue weighted by atomic mass is 32.1. The van der Waals surface area contributed by atoms with Crippen LogP contribution in [0, 0.1) is 20.8 Å². The van der Waals surface area contributed by atoms with Gasteiger partial charge in [0.1, 0.15) is 0 Å². The fraction of sp³-hybridized carbons (Fsp3) is 0.200. The van der Waals surface area contributed by atoms with Crippen molar-refractivity contribution in [1.29, 1.82) is 0 Å². The number of hydrogen-bond acceptors (Lipinski definition) is 4. The van der Waals surface area contributed by atoms with E-state index in [0.29, 0.717) is 11.1 Å². The molecular formula is C35H29NO2S2. The molecule has 6 aromatic rings. The van der Waals surface area contributed by atoms with Gasteiger partial charge in [0.25, 0.3) is 0 Å². The lowest BCUT2D eigenvalue weighted by atomic mass is 9.99. The fourth-order valence-electron chi connectivity index (χ4n) is 6.24. The van der Waals surface area contributed by atoms with E-state index in [1.54, 1.807) is 11.3 Å². The van der Waals surface area contributed by atoms with Gasteiger partial charge in [0, 0.05) is 27.4 Å². The Bertz CT molecular complexity index is 1980. The van der Waals surface area contributed by atoms with E-state index in [9.17, 15) is 9.59 Å². The Balaban J connectivity index is 1.36. The third-order valence-electron chi connectivity index (χ3n) is 8.04. The van der Waals surface area contributed by atoms with Crippen molar-refractivity contribution < 1.29 is 9.59 Å². The first-order valence-electron chi connectivity index (χ1n) is 13.8. The minimum absolute atomic E-state index is 0.174. The molecule has 0 amide bonds. The molecule has 7 rings (SSSR count). The third kappa shape index (κ3) is 3.83. The molecule has 5 heteroatoms. The van der Waals surface area contributed by atoms with Gasteiger partial charge in [-0.25, -0.2) is 0 Å². The van der Waals surface area contributed by atoms with Crippen LogP contribution in [0.15, 0.2) is 66.2 Å². The molecule has 0 unspecified atom stereocenters. The Kier molecular flexibility index (Phi) is 5.92. The number of ketones is 2. The average Bonchev–Trinajstić information content (AvgIpc) is 3.64. The Morgan fingerprint density at radius 2 is 1.38 bits per heavy atom. The summed E-state index contributed by atoms with van der Waals surface area (Å²) < 4.78 is 4.96. The Morgan fingerprint density at radius 3 is 2.00 bits per heavy atom. The third-order valence-corrected chi connectivity index (χ3v) is 10.4. The largest absolute Gasteiger partial charge is 0.339 e. The summed E-state index contributed by atoms with van der Waals surface area (Å²) in [7, 11) is 0. The fourth-order valence-corrected chi connectivity index (χ4v) is 8.83. The van der Waals surface area contributed by atoms with Crippen LogP contribution in [0.3, 0.4) is 0 Å². The maximum Gasteiger partial charge on any atom is 0.197 e. The van der Waals surface area contributed by atoms with Gasteiger partial charge in [-0.15, -0.1) is 22.7 Å². The number of aromatic nitrogens is 1. The minimum Gasteiger partial charge on any atom is -0.339 e. The molecule has 3 aromatic heterocycles. The van der Waals surface area contributed by atoms with E-state index in [0.717, 1.165) is 35.0 Å². The first kappa shape index (κ1) is 25.2. The molecule has 3 nitrogen and oxygen atoms in total. The summed E-state index contributed by atoms with van der Waals surface area (Å²) >= 11 is 3.53. The number of carbonyl (C=O) groups is 2. The van der Waals surface area contributed by atoms with E-state index >= 15 is 0 Å². The van der Waals surface area contributed by atoms with Crippen molar-refractivity contribution in [2.75, 3.05) is 0 Å². The molecule has 0 N–H and O–H groups in total. The van der Waals surface area contributed by atoms with Gasteiger partial charge in [-0.05, 0) is 85.0 Å². The van der Waals surface area contributed by atoms with E-state index in [1.807, 2.05) is 53.8 Å². The molecule has 0 saturated heterocycles. The van der Waals surface area contributed by atoms with Crippen LogP contribution >= 0.6 is 22.7 Å². The van der Waals surface area contributed by atoms with E-state index in [2.05, 4.69) is 56.5 Å². The van der Waals surface area contributed by atoms with Gasteiger partial charge in [0.05, 0.1) is 26.0 Å². The molecular weight excluding hydrogens is 531 g/mol. The number of benzene rings is 3. The quantitative estimate of drug-likeness (QED) is 0.156. The van der Waals surface area contributed by atoms with Gasteiger partial charge in [0.15, 0.2) is 11.6 Å². The predicted octanol–water partition coefficient (Wildman–Crippen LogP) is 9.93. The van der Waals surface area contributed by atoms with Gasteiger partial charge >= 0.3 is 0 Å². The van der Waals surface area contributed by atoms with Crippen LogP contribution in [0.25, 0.3) is 47.7 Å². The Morgan fingerprint density at radius 1 is 0.775 bits per heavy atom. The monoisotopic (exact) mass is 559 g/mol. The number of unbranched alkanes of at least 4 members (excludes halogenated alkanes) is 1. The smallest absolute Gasteiger partial charge is 0.197 e. The maximum atomic E-state index is 13.4. The van der Waals surface area contributed by atoms with E-state index in [4.69, 9.17) is 0 Å². The molecule has 0 bridgehead atoms. The van der Waals surface area contributed by atoms with Crippen LogP contribution in [0.5, 0.6) is 0 Å². The average molecular weight is 560 g/mol. The summed E-state index contributed by atoms with van der Waals surface area (Å²) in [6.45, 7) is 9.72. The predicted molar refractivity (Wildman–Crippen MR) is 170 cm³/mol. The lowest BCUT2D eigenvalue weighted by molar-refractivity contribution is 0.0990. The zero-order chi connectivity index (χ0) is 27.7. The zero-order valence-corrected chi connectivity index (χ0v) is 24.7. The second-order valence-electron chi connectivity index (χ2n) is 10.9. The topological polar surface area (TPSA) is 39.1 Å². The van der Waals surface area contributed by atoms with Crippen molar-refractivity contribution in [1.82, 2.24) is 4.57 Å². The summed E-state index contributed by atoms with van der Waals surface area (Å²) in [6.07, 6.45) is 4.03. The van der Waals surface area contributed by atoms with Crippen LogP contribution in [-0.4, -0.2) is 16.1 Å². The molecule has 0 fully saturated rings. The van der Waals surface area contributed by atoms with Crippen molar-refractivity contribution in [3.8, 4) is 10.4 Å². The summed E-state index contributed by atoms with van der Waals surface area (Å²) in [5, 5.41) is 1.95. The van der Waals surface area contributed by atoms with E-state index < -0.39 is 0 Å². The summed E-state index contributed by atoms with van der Waals surface area (Å²) in [5.41, 5.74) is 8.99. The molecule has 1 aliphatic rings.